The lowest BCUT2D eigenvalue weighted by Gasteiger charge is -2.58. The Morgan fingerprint density at radius 2 is 1.71 bits per heavy atom. The molecule has 3 aromatic rings. The highest BCUT2D eigenvalue weighted by Gasteiger charge is 2.62. The number of ketones is 2. The number of amides is 1. The first-order valence-electron chi connectivity index (χ1n) is 19.6. The molecule has 4 aliphatic carbocycles. The van der Waals surface area contributed by atoms with Crippen molar-refractivity contribution in [2.45, 2.75) is 77.5 Å². The molecule has 8 atom stereocenters. The van der Waals surface area contributed by atoms with Gasteiger partial charge in [-0.3, -0.25) is 33.9 Å². The van der Waals surface area contributed by atoms with Crippen LogP contribution >= 0.6 is 0 Å². The number of aromatic nitrogens is 1. The normalized spacial score (nSPS) is 28.4. The molecule has 2 aromatic carbocycles. The first kappa shape index (κ1) is 39.2. The van der Waals surface area contributed by atoms with Gasteiger partial charge in [-0.05, 0) is 110 Å². The van der Waals surface area contributed by atoms with Gasteiger partial charge in [0.15, 0.2) is 11.6 Å². The fraction of sp³-hybridized carbons (Fsp3) is 0.467. The molecule has 3 fully saturated rings. The summed E-state index contributed by atoms with van der Waals surface area (Å²) >= 11 is 0. The minimum atomic E-state index is -0.644. The van der Waals surface area contributed by atoms with Gasteiger partial charge >= 0.3 is 11.9 Å². The Morgan fingerprint density at radius 3 is 2.46 bits per heavy atom. The van der Waals surface area contributed by atoms with Gasteiger partial charge in [-0.15, -0.1) is 0 Å². The molecule has 4 aliphatic rings. The fourth-order valence-corrected chi connectivity index (χ4v) is 10.5. The molecule has 56 heavy (non-hydrogen) atoms. The number of benzene rings is 2. The SMILES string of the molecule is CN(C)C(C(=O)Nc1ccc2cnccc2c1)c1ccc(COC(=O)CCC(=O)OCC(=O)[C@H]2CCC3[C@@H]4CCC5=CC(=O)C=C[C@]5(C)C4[C@@H](O)C[C@@]32C)cc1. The zero-order valence-corrected chi connectivity index (χ0v) is 32.5. The minimum Gasteiger partial charge on any atom is -0.461 e. The van der Waals surface area contributed by atoms with Gasteiger partial charge in [0, 0.05) is 40.7 Å². The molecule has 294 valence electrons. The third-order valence-electron chi connectivity index (χ3n) is 13.2. The van der Waals surface area contributed by atoms with E-state index < -0.39 is 29.5 Å². The average molecular weight is 762 g/mol. The van der Waals surface area contributed by atoms with Crippen molar-refractivity contribution in [1.82, 2.24) is 9.88 Å². The van der Waals surface area contributed by atoms with Crippen LogP contribution in [0.4, 0.5) is 5.69 Å². The molecule has 7 rings (SSSR count). The predicted molar refractivity (Wildman–Crippen MR) is 210 cm³/mol. The van der Waals surface area contributed by atoms with Crippen LogP contribution < -0.4 is 5.32 Å². The van der Waals surface area contributed by atoms with Crippen molar-refractivity contribution in [2.24, 2.45) is 34.5 Å². The summed E-state index contributed by atoms with van der Waals surface area (Å²) in [6, 6.07) is 14.2. The monoisotopic (exact) mass is 761 g/mol. The van der Waals surface area contributed by atoms with Crippen molar-refractivity contribution in [3.05, 3.63) is 95.9 Å². The molecule has 11 nitrogen and oxygen atoms in total. The number of esters is 2. The standard InChI is InChI=1S/C45H51N3O8/c1-44-19-17-33(49)22-31(44)10-12-34-35-13-14-36(45(35,2)23-37(50)41(34)44)38(51)26-56-40(53)16-15-39(52)55-25-27-5-7-28(8-6-27)42(48(3)4)43(54)47-32-11-9-30-24-46-20-18-29(30)21-32/h5-9,11,17-22,24,34-37,41-42,50H,10,12-16,23,25-26H2,1-4H3,(H,47,54)/t34-,35?,36+,37-,41?,42?,44-,45-/m0/s1. The summed E-state index contributed by atoms with van der Waals surface area (Å²) in [5.74, 6) is -1.40. The number of hydrogen-bond donors (Lipinski definition) is 2. The highest BCUT2D eigenvalue weighted by atomic mass is 16.5. The quantitative estimate of drug-likeness (QED) is 0.201. The minimum absolute atomic E-state index is 0.000955. The molecule has 1 amide bonds. The van der Waals surface area contributed by atoms with E-state index in [1.165, 1.54) is 0 Å². The summed E-state index contributed by atoms with van der Waals surface area (Å²) < 4.78 is 10.8. The molecule has 3 saturated carbocycles. The number of anilines is 1. The molecule has 1 aromatic heterocycles. The molecule has 0 bridgehead atoms. The van der Waals surface area contributed by atoms with E-state index in [0.717, 1.165) is 46.7 Å². The van der Waals surface area contributed by atoms with E-state index in [-0.39, 0.29) is 72.6 Å². The van der Waals surface area contributed by atoms with Crippen molar-refractivity contribution in [3.8, 4) is 0 Å². The van der Waals surface area contributed by atoms with E-state index in [4.69, 9.17) is 9.47 Å². The molecule has 0 spiro atoms. The van der Waals surface area contributed by atoms with Crippen LogP contribution in [0.3, 0.4) is 0 Å². The molecule has 0 aliphatic heterocycles. The lowest BCUT2D eigenvalue weighted by Crippen LogP contribution is -2.56. The zero-order valence-electron chi connectivity index (χ0n) is 32.5. The second-order valence-electron chi connectivity index (χ2n) is 16.8. The van der Waals surface area contributed by atoms with Crippen LogP contribution in [0.15, 0.2) is 84.7 Å². The number of fused-ring (bicyclic) bond motifs is 6. The van der Waals surface area contributed by atoms with E-state index in [1.54, 1.807) is 36.7 Å². The number of allylic oxidation sites excluding steroid dienone is 4. The van der Waals surface area contributed by atoms with Gasteiger partial charge in [0.05, 0.1) is 18.9 Å². The van der Waals surface area contributed by atoms with Crippen LogP contribution in [0.1, 0.15) is 76.0 Å². The molecule has 3 unspecified atom stereocenters. The maximum atomic E-state index is 13.5. The summed E-state index contributed by atoms with van der Waals surface area (Å²) in [6.45, 7) is 3.87. The third kappa shape index (κ3) is 7.71. The van der Waals surface area contributed by atoms with E-state index in [9.17, 15) is 29.1 Å². The number of hydrogen-bond acceptors (Lipinski definition) is 10. The fourth-order valence-electron chi connectivity index (χ4n) is 10.5. The van der Waals surface area contributed by atoms with E-state index >= 15 is 0 Å². The van der Waals surface area contributed by atoms with Crippen LogP contribution in [0, 0.1) is 34.5 Å². The number of likely N-dealkylation sites (N-methyl/N-ethyl adjacent to an activating group) is 1. The number of Topliss-reactive ketones (excluding diaryl/α,β-unsaturated/α-hetero) is 1. The number of aliphatic hydroxyl groups excluding tert-OH is 1. The summed E-state index contributed by atoms with van der Waals surface area (Å²) in [5.41, 5.74) is 2.50. The Bertz CT molecular complexity index is 2090. The van der Waals surface area contributed by atoms with Crippen LogP contribution in [0.5, 0.6) is 0 Å². The lowest BCUT2D eigenvalue weighted by molar-refractivity contribution is -0.155. The van der Waals surface area contributed by atoms with Crippen molar-refractivity contribution in [3.63, 3.8) is 0 Å². The molecule has 2 N–H and O–H groups in total. The Labute approximate surface area is 327 Å². The Kier molecular flexibility index (Phi) is 11.1. The highest BCUT2D eigenvalue weighted by Crippen LogP contribution is 2.66. The number of aliphatic hydroxyl groups is 1. The van der Waals surface area contributed by atoms with Crippen LogP contribution in [-0.4, -0.2) is 71.2 Å². The van der Waals surface area contributed by atoms with Crippen LogP contribution in [0.25, 0.3) is 10.8 Å². The van der Waals surface area contributed by atoms with E-state index in [2.05, 4.69) is 24.1 Å². The summed E-state index contributed by atoms with van der Waals surface area (Å²) in [5, 5.41) is 16.5. The number of ether oxygens (including phenoxy) is 2. The second-order valence-corrected chi connectivity index (χ2v) is 16.8. The first-order chi connectivity index (χ1) is 26.8. The van der Waals surface area contributed by atoms with Gasteiger partial charge in [0.1, 0.15) is 19.3 Å². The van der Waals surface area contributed by atoms with Gasteiger partial charge in [-0.2, -0.15) is 0 Å². The lowest BCUT2D eigenvalue weighted by atomic mass is 9.46. The van der Waals surface area contributed by atoms with Crippen molar-refractivity contribution < 1.29 is 38.6 Å². The number of pyridine rings is 1. The topological polar surface area (TPSA) is 152 Å². The Morgan fingerprint density at radius 1 is 0.964 bits per heavy atom. The molecule has 11 heteroatoms. The molecule has 0 radical (unpaired) electrons. The summed E-state index contributed by atoms with van der Waals surface area (Å²) in [6.07, 6.45) is 11.5. The number of carbonyl (C=O) groups is 5. The van der Waals surface area contributed by atoms with Gasteiger partial charge < -0.3 is 19.9 Å². The van der Waals surface area contributed by atoms with Gasteiger partial charge in [0.25, 0.3) is 0 Å². The number of carbonyl (C=O) groups excluding carboxylic acids is 5. The molecule has 1 heterocycles. The first-order valence-corrected chi connectivity index (χ1v) is 19.6. The van der Waals surface area contributed by atoms with Crippen molar-refractivity contribution in [2.75, 3.05) is 26.0 Å². The van der Waals surface area contributed by atoms with Crippen molar-refractivity contribution in [1.29, 1.82) is 0 Å². The number of nitrogens with zero attached hydrogens (tertiary/aromatic N) is 2. The van der Waals surface area contributed by atoms with Gasteiger partial charge in [0.2, 0.25) is 5.91 Å². The van der Waals surface area contributed by atoms with Gasteiger partial charge in [-0.25, -0.2) is 0 Å². The molecular formula is C45H51N3O8. The third-order valence-corrected chi connectivity index (χ3v) is 13.2. The predicted octanol–water partition coefficient (Wildman–Crippen LogP) is 6.31. The van der Waals surface area contributed by atoms with E-state index in [1.807, 2.05) is 61.5 Å². The van der Waals surface area contributed by atoms with Crippen LogP contribution in [0.2, 0.25) is 0 Å². The molecule has 0 saturated heterocycles. The number of rotatable bonds is 12. The maximum absolute atomic E-state index is 13.5. The number of nitrogens with one attached hydrogen (secondary N) is 1. The largest absolute Gasteiger partial charge is 0.461 e. The molecular weight excluding hydrogens is 711 g/mol. The highest BCUT2D eigenvalue weighted by molar-refractivity contribution is 6.01. The summed E-state index contributed by atoms with van der Waals surface area (Å²) in [7, 11) is 3.66. The van der Waals surface area contributed by atoms with E-state index in [0.29, 0.717) is 18.5 Å². The zero-order chi connectivity index (χ0) is 39.8. The Balaban J connectivity index is 0.858. The van der Waals surface area contributed by atoms with Crippen LogP contribution in [-0.2, 0) is 40.1 Å². The van der Waals surface area contributed by atoms with Crippen molar-refractivity contribution >= 4 is 45.9 Å². The second kappa shape index (κ2) is 15.9. The van der Waals surface area contributed by atoms with Gasteiger partial charge in [-0.1, -0.05) is 55.8 Å². The Hall–Kier alpha value is -5.00. The maximum Gasteiger partial charge on any atom is 0.306 e. The smallest absolute Gasteiger partial charge is 0.306 e. The summed E-state index contributed by atoms with van der Waals surface area (Å²) in [4.78, 5) is 70.1. The average Bonchev–Trinajstić information content (AvgIpc) is 3.52.